The third-order valence-corrected chi connectivity index (χ3v) is 4.01. The Bertz CT molecular complexity index is 578. The van der Waals surface area contributed by atoms with Crippen LogP contribution in [0.15, 0.2) is 18.2 Å². The Morgan fingerprint density at radius 2 is 2.10 bits per heavy atom. The van der Waals surface area contributed by atoms with Crippen molar-refractivity contribution in [2.75, 3.05) is 31.1 Å². The Morgan fingerprint density at radius 3 is 2.76 bits per heavy atom. The van der Waals surface area contributed by atoms with Crippen molar-refractivity contribution < 1.29 is 18.0 Å². The molecule has 2 amide bonds. The van der Waals surface area contributed by atoms with E-state index in [0.717, 1.165) is 6.07 Å². The smallest absolute Gasteiger partial charge is 0.317 e. The summed E-state index contributed by atoms with van der Waals surface area (Å²) in [7, 11) is 0. The lowest BCUT2D eigenvalue weighted by molar-refractivity contribution is -0.137. The van der Waals surface area contributed by atoms with Crippen molar-refractivity contribution in [2.24, 2.45) is 0 Å². The van der Waals surface area contributed by atoms with E-state index in [0.29, 0.717) is 19.6 Å². The average Bonchev–Trinajstić information content (AvgIpc) is 2.76. The Labute approximate surface area is 124 Å². The van der Waals surface area contributed by atoms with Crippen LogP contribution in [0.3, 0.4) is 0 Å². The van der Waals surface area contributed by atoms with Crippen molar-refractivity contribution in [1.82, 2.24) is 10.2 Å². The number of carbonyl (C=O) groups excluding carboxylic acids is 1. The fraction of sp³-hybridized carbons (Fsp3) is 0.462. The molecular weight excluding hydrogens is 307 g/mol. The Hall–Kier alpha value is -1.47. The lowest BCUT2D eigenvalue weighted by Gasteiger charge is -2.28. The second-order valence-corrected chi connectivity index (χ2v) is 5.54. The maximum Gasteiger partial charge on any atom is 0.418 e. The van der Waals surface area contributed by atoms with E-state index in [1.165, 1.54) is 17.0 Å². The monoisotopic (exact) mass is 319 g/mol. The van der Waals surface area contributed by atoms with Crippen LogP contribution in [0.25, 0.3) is 0 Å². The lowest BCUT2D eigenvalue weighted by atomic mass is 10.1. The topological polar surface area (TPSA) is 35.6 Å². The van der Waals surface area contributed by atoms with E-state index < -0.39 is 11.7 Å². The van der Waals surface area contributed by atoms with Crippen LogP contribution in [0.1, 0.15) is 5.56 Å². The number of urea groups is 1. The molecule has 2 aliphatic rings. The highest BCUT2D eigenvalue weighted by Gasteiger charge is 2.43. The zero-order valence-electron chi connectivity index (χ0n) is 11.0. The number of hydrogen-bond donors (Lipinski definition) is 1. The number of amides is 2. The molecule has 2 heterocycles. The predicted molar refractivity (Wildman–Crippen MR) is 72.6 cm³/mol. The molecule has 8 heteroatoms. The number of rotatable bonds is 1. The molecule has 1 aromatic rings. The first-order chi connectivity index (χ1) is 9.88. The molecule has 1 atom stereocenters. The first-order valence-electron chi connectivity index (χ1n) is 6.53. The van der Waals surface area contributed by atoms with Crippen molar-refractivity contribution >= 4 is 23.3 Å². The molecule has 2 fully saturated rings. The van der Waals surface area contributed by atoms with Crippen LogP contribution >= 0.6 is 11.6 Å². The van der Waals surface area contributed by atoms with Gasteiger partial charge < -0.3 is 10.2 Å². The zero-order chi connectivity index (χ0) is 15.2. The third kappa shape index (κ3) is 2.55. The minimum atomic E-state index is -4.55. The fourth-order valence-corrected chi connectivity index (χ4v) is 2.96. The number of halogens is 4. The Balaban J connectivity index is 1.99. The number of carbonyl (C=O) groups is 1. The molecule has 2 saturated heterocycles. The number of piperazine rings is 1. The van der Waals surface area contributed by atoms with Gasteiger partial charge in [0, 0.05) is 31.2 Å². The van der Waals surface area contributed by atoms with Crippen molar-refractivity contribution in [2.45, 2.75) is 12.2 Å². The van der Waals surface area contributed by atoms with Gasteiger partial charge in [-0.05, 0) is 18.2 Å². The van der Waals surface area contributed by atoms with Crippen molar-refractivity contribution in [3.05, 3.63) is 28.8 Å². The number of alkyl halides is 3. The number of fused-ring (bicyclic) bond motifs is 1. The summed E-state index contributed by atoms with van der Waals surface area (Å²) in [5.41, 5.74) is -1.01. The SMILES string of the molecule is O=C1N(c2ccc(Cl)cc2C(F)(F)F)CC2CNCCN12. The van der Waals surface area contributed by atoms with Crippen molar-refractivity contribution in [3.63, 3.8) is 0 Å². The number of nitrogens with zero attached hydrogens (tertiary/aromatic N) is 2. The maximum atomic E-state index is 13.2. The molecule has 0 bridgehead atoms. The molecule has 0 aliphatic carbocycles. The van der Waals surface area contributed by atoms with Crippen LogP contribution in [-0.4, -0.2) is 43.2 Å². The quantitative estimate of drug-likeness (QED) is 0.863. The summed E-state index contributed by atoms with van der Waals surface area (Å²) in [4.78, 5) is 15.1. The van der Waals surface area contributed by atoms with Gasteiger partial charge >= 0.3 is 12.2 Å². The summed E-state index contributed by atoms with van der Waals surface area (Å²) >= 11 is 5.66. The van der Waals surface area contributed by atoms with Gasteiger partial charge in [-0.2, -0.15) is 13.2 Å². The van der Waals surface area contributed by atoms with Crippen LogP contribution in [0.4, 0.5) is 23.7 Å². The molecule has 2 aliphatic heterocycles. The second kappa shape index (κ2) is 5.06. The van der Waals surface area contributed by atoms with Gasteiger partial charge in [0.1, 0.15) is 0 Å². The third-order valence-electron chi connectivity index (χ3n) is 3.77. The number of nitrogens with one attached hydrogen (secondary N) is 1. The Morgan fingerprint density at radius 1 is 1.33 bits per heavy atom. The van der Waals surface area contributed by atoms with Crippen LogP contribution in [0.5, 0.6) is 0 Å². The van der Waals surface area contributed by atoms with Crippen LogP contribution in [0, 0.1) is 0 Å². The van der Waals surface area contributed by atoms with E-state index in [9.17, 15) is 18.0 Å². The molecule has 0 radical (unpaired) electrons. The van der Waals surface area contributed by atoms with E-state index in [2.05, 4.69) is 5.32 Å². The minimum absolute atomic E-state index is 0.00268. The molecule has 0 spiro atoms. The normalized spacial score (nSPS) is 22.7. The molecule has 1 aromatic carbocycles. The summed E-state index contributed by atoms with van der Waals surface area (Å²) in [6.45, 7) is 2.01. The molecule has 114 valence electrons. The zero-order valence-corrected chi connectivity index (χ0v) is 11.7. The van der Waals surface area contributed by atoms with Crippen LogP contribution in [0.2, 0.25) is 5.02 Å². The molecule has 21 heavy (non-hydrogen) atoms. The van der Waals surface area contributed by atoms with E-state index in [4.69, 9.17) is 11.6 Å². The summed E-state index contributed by atoms with van der Waals surface area (Å²) in [6, 6.07) is 3.02. The van der Waals surface area contributed by atoms with Gasteiger partial charge in [0.05, 0.1) is 17.3 Å². The fourth-order valence-electron chi connectivity index (χ4n) is 2.79. The number of anilines is 1. The highest BCUT2D eigenvalue weighted by molar-refractivity contribution is 6.30. The number of hydrogen-bond acceptors (Lipinski definition) is 2. The van der Waals surface area contributed by atoms with Crippen LogP contribution in [-0.2, 0) is 6.18 Å². The number of benzene rings is 1. The van der Waals surface area contributed by atoms with E-state index in [1.54, 1.807) is 4.90 Å². The summed E-state index contributed by atoms with van der Waals surface area (Å²) < 4.78 is 39.5. The lowest BCUT2D eigenvalue weighted by Crippen LogP contribution is -2.49. The minimum Gasteiger partial charge on any atom is -0.317 e. The summed E-state index contributed by atoms with van der Waals surface area (Å²) in [5.74, 6) is 0. The summed E-state index contributed by atoms with van der Waals surface area (Å²) in [6.07, 6.45) is -4.55. The molecule has 1 N–H and O–H groups in total. The molecule has 0 aromatic heterocycles. The first-order valence-corrected chi connectivity index (χ1v) is 6.91. The van der Waals surface area contributed by atoms with Gasteiger partial charge in [0.15, 0.2) is 0 Å². The van der Waals surface area contributed by atoms with E-state index in [1.807, 2.05) is 0 Å². The van der Waals surface area contributed by atoms with Crippen molar-refractivity contribution in [3.8, 4) is 0 Å². The highest BCUT2D eigenvalue weighted by atomic mass is 35.5. The average molecular weight is 320 g/mol. The molecular formula is C13H13ClF3N3O. The van der Waals surface area contributed by atoms with Gasteiger partial charge in [-0.1, -0.05) is 11.6 Å². The Kier molecular flexibility index (Phi) is 3.49. The van der Waals surface area contributed by atoms with E-state index in [-0.39, 0.29) is 29.3 Å². The largest absolute Gasteiger partial charge is 0.418 e. The standard InChI is InChI=1S/C13H13ClF3N3O/c14-8-1-2-11(10(5-8)13(15,16)17)20-7-9-6-18-3-4-19(9)12(20)21/h1-2,5,9,18H,3-4,6-7H2. The summed E-state index contributed by atoms with van der Waals surface area (Å²) in [5, 5.41) is 3.14. The van der Waals surface area contributed by atoms with Crippen molar-refractivity contribution in [1.29, 1.82) is 0 Å². The molecule has 4 nitrogen and oxygen atoms in total. The van der Waals surface area contributed by atoms with Gasteiger partial charge in [0.25, 0.3) is 0 Å². The van der Waals surface area contributed by atoms with Gasteiger partial charge in [-0.25, -0.2) is 4.79 Å². The first kappa shape index (κ1) is 14.5. The molecule has 3 rings (SSSR count). The van der Waals surface area contributed by atoms with Gasteiger partial charge in [0.2, 0.25) is 0 Å². The predicted octanol–water partition coefficient (Wildman–Crippen LogP) is 2.57. The maximum absolute atomic E-state index is 13.2. The molecule has 1 unspecified atom stereocenters. The van der Waals surface area contributed by atoms with Gasteiger partial charge in [-0.3, -0.25) is 4.90 Å². The van der Waals surface area contributed by atoms with E-state index >= 15 is 0 Å². The van der Waals surface area contributed by atoms with Crippen LogP contribution < -0.4 is 10.2 Å². The van der Waals surface area contributed by atoms with Gasteiger partial charge in [-0.15, -0.1) is 0 Å². The molecule has 0 saturated carbocycles. The second-order valence-electron chi connectivity index (χ2n) is 5.10. The highest BCUT2D eigenvalue weighted by Crippen LogP contribution is 2.39.